The average Bonchev–Trinajstić information content (AvgIpc) is 2.30. The molecule has 3 heteroatoms. The molecule has 84 valence electrons. The van der Waals surface area contributed by atoms with E-state index in [2.05, 4.69) is 11.4 Å². The van der Waals surface area contributed by atoms with Crippen molar-refractivity contribution >= 4 is 5.69 Å². The number of nitrogens with one attached hydrogen (secondary N) is 1. The number of benzene rings is 1. The first-order valence-corrected chi connectivity index (χ1v) is 5.71. The summed E-state index contributed by atoms with van der Waals surface area (Å²) < 4.78 is 13.0. The SMILES string of the molecule is N#CC1CCCCC1Nc1cccc(F)c1. The summed E-state index contributed by atoms with van der Waals surface area (Å²) in [4.78, 5) is 0. The summed E-state index contributed by atoms with van der Waals surface area (Å²) in [5.74, 6) is -0.189. The van der Waals surface area contributed by atoms with Crippen molar-refractivity contribution in [3.05, 3.63) is 30.1 Å². The summed E-state index contributed by atoms with van der Waals surface area (Å²) in [6.07, 6.45) is 4.21. The first kappa shape index (κ1) is 10.9. The summed E-state index contributed by atoms with van der Waals surface area (Å²) in [5, 5.41) is 12.3. The molecule has 0 aliphatic heterocycles. The maximum absolute atomic E-state index is 13.0. The van der Waals surface area contributed by atoms with Crippen LogP contribution in [-0.4, -0.2) is 6.04 Å². The maximum Gasteiger partial charge on any atom is 0.125 e. The Bertz CT molecular complexity index is 397. The van der Waals surface area contributed by atoms with Gasteiger partial charge in [-0.2, -0.15) is 5.26 Å². The van der Waals surface area contributed by atoms with Gasteiger partial charge in [0.1, 0.15) is 5.82 Å². The molecule has 0 radical (unpaired) electrons. The molecule has 1 aliphatic rings. The lowest BCUT2D eigenvalue weighted by Crippen LogP contribution is -2.31. The Balaban J connectivity index is 2.05. The van der Waals surface area contributed by atoms with Gasteiger partial charge in [-0.3, -0.25) is 0 Å². The van der Waals surface area contributed by atoms with Gasteiger partial charge >= 0.3 is 0 Å². The highest BCUT2D eigenvalue weighted by Gasteiger charge is 2.24. The number of anilines is 1. The number of nitriles is 1. The zero-order valence-corrected chi connectivity index (χ0v) is 9.12. The van der Waals surface area contributed by atoms with Crippen molar-refractivity contribution < 1.29 is 4.39 Å². The largest absolute Gasteiger partial charge is 0.381 e. The average molecular weight is 218 g/mol. The number of halogens is 1. The van der Waals surface area contributed by atoms with E-state index in [1.165, 1.54) is 12.1 Å². The molecule has 2 nitrogen and oxygen atoms in total. The van der Waals surface area contributed by atoms with Gasteiger partial charge in [-0.25, -0.2) is 4.39 Å². The molecule has 1 aromatic rings. The van der Waals surface area contributed by atoms with Crippen LogP contribution in [-0.2, 0) is 0 Å². The van der Waals surface area contributed by atoms with E-state index in [1.807, 2.05) is 6.07 Å². The smallest absolute Gasteiger partial charge is 0.125 e. The monoisotopic (exact) mass is 218 g/mol. The molecule has 1 saturated carbocycles. The van der Waals surface area contributed by atoms with Gasteiger partial charge in [0, 0.05) is 11.7 Å². The van der Waals surface area contributed by atoms with Gasteiger partial charge in [0.05, 0.1) is 12.0 Å². The second-order valence-electron chi connectivity index (χ2n) is 4.28. The fourth-order valence-electron chi connectivity index (χ4n) is 2.25. The Labute approximate surface area is 95.1 Å². The second kappa shape index (κ2) is 4.98. The van der Waals surface area contributed by atoms with E-state index in [1.54, 1.807) is 6.07 Å². The van der Waals surface area contributed by atoms with Gasteiger partial charge in [-0.05, 0) is 31.0 Å². The van der Waals surface area contributed by atoms with Crippen LogP contribution in [0.1, 0.15) is 25.7 Å². The lowest BCUT2D eigenvalue weighted by Gasteiger charge is -2.28. The van der Waals surface area contributed by atoms with Crippen molar-refractivity contribution in [2.45, 2.75) is 31.7 Å². The highest BCUT2D eigenvalue weighted by atomic mass is 19.1. The van der Waals surface area contributed by atoms with Gasteiger partial charge in [0.25, 0.3) is 0 Å². The number of hydrogen-bond donors (Lipinski definition) is 1. The topological polar surface area (TPSA) is 35.8 Å². The van der Waals surface area contributed by atoms with Crippen LogP contribution in [0, 0.1) is 23.1 Å². The van der Waals surface area contributed by atoms with Crippen LogP contribution >= 0.6 is 0 Å². The maximum atomic E-state index is 13.0. The molecule has 1 aromatic carbocycles. The van der Waals surface area contributed by atoms with Crippen LogP contribution in [0.15, 0.2) is 24.3 Å². The molecule has 16 heavy (non-hydrogen) atoms. The molecule has 1 aliphatic carbocycles. The minimum Gasteiger partial charge on any atom is -0.381 e. The van der Waals surface area contributed by atoms with Crippen LogP contribution in [0.3, 0.4) is 0 Å². The van der Waals surface area contributed by atoms with Gasteiger partial charge in [0.15, 0.2) is 0 Å². The molecule has 1 fully saturated rings. The third-order valence-electron chi connectivity index (χ3n) is 3.11. The number of hydrogen-bond acceptors (Lipinski definition) is 2. The molecular weight excluding hydrogens is 203 g/mol. The molecule has 0 bridgehead atoms. The van der Waals surface area contributed by atoms with Crippen molar-refractivity contribution in [2.75, 3.05) is 5.32 Å². The van der Waals surface area contributed by atoms with Crippen molar-refractivity contribution in [3.63, 3.8) is 0 Å². The molecular formula is C13H15FN2. The Morgan fingerprint density at radius 3 is 2.88 bits per heavy atom. The minimum atomic E-state index is -0.241. The normalized spacial score (nSPS) is 24.8. The summed E-state index contributed by atoms with van der Waals surface area (Å²) in [5.41, 5.74) is 0.771. The zero-order chi connectivity index (χ0) is 11.4. The van der Waals surface area contributed by atoms with Crippen molar-refractivity contribution in [2.24, 2.45) is 5.92 Å². The first-order valence-electron chi connectivity index (χ1n) is 5.71. The van der Waals surface area contributed by atoms with Crippen LogP contribution in [0.2, 0.25) is 0 Å². The summed E-state index contributed by atoms with van der Waals surface area (Å²) >= 11 is 0. The van der Waals surface area contributed by atoms with E-state index >= 15 is 0 Å². The number of nitrogens with zero attached hydrogens (tertiary/aromatic N) is 1. The van der Waals surface area contributed by atoms with Crippen LogP contribution in [0.4, 0.5) is 10.1 Å². The van der Waals surface area contributed by atoms with Crippen LogP contribution in [0.5, 0.6) is 0 Å². The summed E-state index contributed by atoms with van der Waals surface area (Å²) in [6, 6.07) is 8.92. The van der Waals surface area contributed by atoms with E-state index in [0.29, 0.717) is 0 Å². The fourth-order valence-corrected chi connectivity index (χ4v) is 2.25. The highest BCUT2D eigenvalue weighted by Crippen LogP contribution is 2.26. The Kier molecular flexibility index (Phi) is 3.40. The summed E-state index contributed by atoms with van der Waals surface area (Å²) in [6.45, 7) is 0. The first-order chi connectivity index (χ1) is 7.79. The highest BCUT2D eigenvalue weighted by molar-refractivity contribution is 5.44. The van der Waals surface area contributed by atoms with Gasteiger partial charge in [-0.1, -0.05) is 18.9 Å². The molecule has 2 atom stereocenters. The quantitative estimate of drug-likeness (QED) is 0.826. The van der Waals surface area contributed by atoms with Gasteiger partial charge in [0.2, 0.25) is 0 Å². The zero-order valence-electron chi connectivity index (χ0n) is 9.12. The Morgan fingerprint density at radius 2 is 2.12 bits per heavy atom. The van der Waals surface area contributed by atoms with Crippen LogP contribution in [0.25, 0.3) is 0 Å². The van der Waals surface area contributed by atoms with Gasteiger partial charge < -0.3 is 5.32 Å². The van der Waals surface area contributed by atoms with Crippen molar-refractivity contribution in [1.29, 1.82) is 5.26 Å². The van der Waals surface area contributed by atoms with E-state index in [4.69, 9.17) is 5.26 Å². The van der Waals surface area contributed by atoms with Gasteiger partial charge in [-0.15, -0.1) is 0 Å². The van der Waals surface area contributed by atoms with E-state index < -0.39 is 0 Å². The Hall–Kier alpha value is -1.56. The summed E-state index contributed by atoms with van der Waals surface area (Å²) in [7, 11) is 0. The molecule has 0 amide bonds. The van der Waals surface area contributed by atoms with E-state index in [-0.39, 0.29) is 17.8 Å². The fraction of sp³-hybridized carbons (Fsp3) is 0.462. The molecule has 0 heterocycles. The lowest BCUT2D eigenvalue weighted by molar-refractivity contribution is 0.388. The molecule has 1 N–H and O–H groups in total. The van der Waals surface area contributed by atoms with Crippen molar-refractivity contribution in [3.8, 4) is 6.07 Å². The number of rotatable bonds is 2. The molecule has 0 spiro atoms. The molecule has 0 aromatic heterocycles. The third-order valence-corrected chi connectivity index (χ3v) is 3.11. The second-order valence-corrected chi connectivity index (χ2v) is 4.28. The minimum absolute atomic E-state index is 0.0528. The van der Waals surface area contributed by atoms with E-state index in [9.17, 15) is 4.39 Å². The molecule has 2 unspecified atom stereocenters. The predicted octanol–water partition coefficient (Wildman–Crippen LogP) is 3.32. The molecule has 0 saturated heterocycles. The predicted molar refractivity (Wildman–Crippen MR) is 61.4 cm³/mol. The molecule has 2 rings (SSSR count). The third kappa shape index (κ3) is 2.52. The van der Waals surface area contributed by atoms with E-state index in [0.717, 1.165) is 31.4 Å². The Morgan fingerprint density at radius 1 is 1.31 bits per heavy atom. The van der Waals surface area contributed by atoms with Crippen LogP contribution < -0.4 is 5.32 Å². The lowest BCUT2D eigenvalue weighted by atomic mass is 9.85. The standard InChI is InChI=1S/C13H15FN2/c14-11-5-3-6-12(8-11)16-13-7-2-1-4-10(13)9-15/h3,5-6,8,10,13,16H,1-2,4,7H2. The van der Waals surface area contributed by atoms with Crippen molar-refractivity contribution in [1.82, 2.24) is 0 Å².